The molecule has 3 aromatic heterocycles. The maximum absolute atomic E-state index is 13.6. The van der Waals surface area contributed by atoms with Crippen LogP contribution < -0.4 is 10.9 Å². The van der Waals surface area contributed by atoms with E-state index in [0.717, 1.165) is 37.1 Å². The van der Waals surface area contributed by atoms with Crippen molar-refractivity contribution in [2.24, 2.45) is 0 Å². The molecule has 0 amide bonds. The summed E-state index contributed by atoms with van der Waals surface area (Å²) in [7, 11) is 0. The molecule has 0 radical (unpaired) electrons. The van der Waals surface area contributed by atoms with Gasteiger partial charge in [-0.2, -0.15) is 9.97 Å². The zero-order valence-corrected chi connectivity index (χ0v) is 23.9. The third-order valence-corrected chi connectivity index (χ3v) is 7.32. The third kappa shape index (κ3) is 5.76. The number of rotatable bonds is 10. The second kappa shape index (κ2) is 12.0. The average molecular weight is 558 g/mol. The molecule has 0 aliphatic carbocycles. The molecule has 5 aromatic rings. The number of likely N-dealkylation sites (N-methyl/N-ethyl adjacent to an activating group) is 1. The van der Waals surface area contributed by atoms with Crippen molar-refractivity contribution in [2.45, 2.75) is 40.7 Å². The van der Waals surface area contributed by atoms with Crippen LogP contribution in [0.5, 0.6) is 0 Å². The van der Waals surface area contributed by atoms with Gasteiger partial charge in [0.1, 0.15) is 5.65 Å². The highest BCUT2D eigenvalue weighted by molar-refractivity contribution is 6.33. The molecule has 2 aromatic carbocycles. The number of aromatic nitrogens is 5. The number of nitrogens with zero attached hydrogens (tertiary/aromatic N) is 6. The summed E-state index contributed by atoms with van der Waals surface area (Å²) in [6, 6.07) is 15.5. The molecule has 3 heterocycles. The van der Waals surface area contributed by atoms with Gasteiger partial charge in [-0.25, -0.2) is 4.98 Å². The molecule has 40 heavy (non-hydrogen) atoms. The van der Waals surface area contributed by atoms with Crippen molar-refractivity contribution in [3.05, 3.63) is 81.6 Å². The van der Waals surface area contributed by atoms with E-state index < -0.39 is 0 Å². The van der Waals surface area contributed by atoms with Gasteiger partial charge in [0.05, 0.1) is 0 Å². The molecular weight excluding hydrogens is 526 g/mol. The maximum atomic E-state index is 13.6. The minimum atomic E-state index is -0.178. The minimum Gasteiger partial charge on any atom is -0.339 e. The fourth-order valence-electron chi connectivity index (χ4n) is 4.71. The number of aryl methyl sites for hydroxylation is 2. The van der Waals surface area contributed by atoms with Gasteiger partial charge >= 0.3 is 0 Å². The van der Waals surface area contributed by atoms with E-state index >= 15 is 0 Å². The van der Waals surface area contributed by atoms with Gasteiger partial charge in [0, 0.05) is 59.0 Å². The lowest BCUT2D eigenvalue weighted by Crippen LogP contribution is -2.25. The van der Waals surface area contributed by atoms with Crippen LogP contribution in [0.4, 0.5) is 11.6 Å². The van der Waals surface area contributed by atoms with Crippen LogP contribution in [0.2, 0.25) is 5.02 Å². The molecule has 0 bridgehead atoms. The Morgan fingerprint density at radius 2 is 1.77 bits per heavy atom. The lowest BCUT2D eigenvalue weighted by Gasteiger charge is -2.17. The smallest absolute Gasteiger partial charge is 0.260 e. The van der Waals surface area contributed by atoms with Gasteiger partial charge in [0.2, 0.25) is 17.7 Å². The fourth-order valence-corrected chi connectivity index (χ4v) is 4.99. The topological polar surface area (TPSA) is 102 Å². The fraction of sp³-hybridized carbons (Fsp3) is 0.300. The summed E-state index contributed by atoms with van der Waals surface area (Å²) in [5.74, 6) is 1.33. The summed E-state index contributed by atoms with van der Waals surface area (Å²) in [6.07, 6.45) is 2.73. The van der Waals surface area contributed by atoms with Gasteiger partial charge in [-0.05, 0) is 56.3 Å². The second-order valence-corrected chi connectivity index (χ2v) is 9.92. The Balaban J connectivity index is 1.41. The van der Waals surface area contributed by atoms with E-state index in [2.05, 4.69) is 51.3 Å². The van der Waals surface area contributed by atoms with Crippen molar-refractivity contribution >= 4 is 34.3 Å². The van der Waals surface area contributed by atoms with E-state index in [1.165, 1.54) is 5.56 Å². The van der Waals surface area contributed by atoms with Crippen LogP contribution in [0.3, 0.4) is 0 Å². The van der Waals surface area contributed by atoms with E-state index in [4.69, 9.17) is 21.1 Å². The Morgan fingerprint density at radius 1 is 1.00 bits per heavy atom. The molecule has 0 aliphatic heterocycles. The quantitative estimate of drug-likeness (QED) is 0.219. The van der Waals surface area contributed by atoms with Gasteiger partial charge in [0.25, 0.3) is 5.56 Å². The van der Waals surface area contributed by atoms with E-state index in [9.17, 15) is 4.79 Å². The van der Waals surface area contributed by atoms with E-state index in [1.54, 1.807) is 35.9 Å². The second-order valence-electron chi connectivity index (χ2n) is 9.51. The van der Waals surface area contributed by atoms with Crippen LogP contribution in [-0.2, 0) is 13.0 Å². The van der Waals surface area contributed by atoms with Crippen molar-refractivity contribution in [1.82, 2.24) is 29.6 Å². The molecule has 0 atom stereocenters. The molecule has 9 nitrogen and oxygen atoms in total. The first-order chi connectivity index (χ1) is 19.4. The van der Waals surface area contributed by atoms with Crippen LogP contribution in [0.1, 0.15) is 32.2 Å². The first kappa shape index (κ1) is 27.5. The van der Waals surface area contributed by atoms with Gasteiger partial charge in [-0.1, -0.05) is 54.9 Å². The van der Waals surface area contributed by atoms with Crippen LogP contribution >= 0.6 is 11.6 Å². The summed E-state index contributed by atoms with van der Waals surface area (Å²) in [5, 5.41) is 8.37. The molecular formula is C30H32ClN7O2. The van der Waals surface area contributed by atoms with Crippen LogP contribution in [0, 0.1) is 6.92 Å². The molecule has 1 N–H and O–H groups in total. The molecule has 0 saturated heterocycles. The number of anilines is 2. The summed E-state index contributed by atoms with van der Waals surface area (Å²) in [5.41, 5.74) is 4.34. The summed E-state index contributed by atoms with van der Waals surface area (Å²) in [6.45, 7) is 11.6. The highest BCUT2D eigenvalue weighted by atomic mass is 35.5. The molecule has 206 valence electrons. The molecule has 0 fully saturated rings. The molecule has 0 unspecified atom stereocenters. The van der Waals surface area contributed by atoms with Crippen LogP contribution in [-0.4, -0.2) is 49.2 Å². The normalized spacial score (nSPS) is 11.4. The Hall–Kier alpha value is -4.08. The van der Waals surface area contributed by atoms with E-state index in [0.29, 0.717) is 51.6 Å². The average Bonchev–Trinajstić information content (AvgIpc) is 3.40. The van der Waals surface area contributed by atoms with Crippen molar-refractivity contribution in [3.8, 4) is 22.5 Å². The molecule has 5 rings (SSSR count). The number of halogens is 1. The Morgan fingerprint density at radius 3 is 2.42 bits per heavy atom. The van der Waals surface area contributed by atoms with Gasteiger partial charge in [-0.15, -0.1) is 0 Å². The highest BCUT2D eigenvalue weighted by Crippen LogP contribution is 2.31. The van der Waals surface area contributed by atoms with Crippen LogP contribution in [0.15, 0.2) is 64.0 Å². The predicted octanol–water partition coefficient (Wildman–Crippen LogP) is 6.12. The predicted molar refractivity (Wildman–Crippen MR) is 159 cm³/mol. The monoisotopic (exact) mass is 557 g/mol. The lowest BCUT2D eigenvalue weighted by atomic mass is 10.0. The Bertz CT molecular complexity index is 1690. The van der Waals surface area contributed by atoms with Gasteiger partial charge in [0.15, 0.2) is 0 Å². The molecule has 0 saturated carbocycles. The van der Waals surface area contributed by atoms with Crippen molar-refractivity contribution in [1.29, 1.82) is 0 Å². The van der Waals surface area contributed by atoms with E-state index in [1.807, 2.05) is 25.1 Å². The highest BCUT2D eigenvalue weighted by Gasteiger charge is 2.16. The minimum absolute atomic E-state index is 0.178. The van der Waals surface area contributed by atoms with Crippen LogP contribution in [0.25, 0.3) is 33.5 Å². The molecule has 0 spiro atoms. The van der Waals surface area contributed by atoms with Crippen molar-refractivity contribution < 1.29 is 4.52 Å². The first-order valence-electron chi connectivity index (χ1n) is 13.5. The molecule has 0 aliphatic rings. The number of pyridine rings is 1. The maximum Gasteiger partial charge on any atom is 0.260 e. The number of nitrogens with one attached hydrogen (secondary N) is 1. The lowest BCUT2D eigenvalue weighted by molar-refractivity contribution is 0.308. The first-order valence-corrected chi connectivity index (χ1v) is 13.9. The summed E-state index contributed by atoms with van der Waals surface area (Å²) >= 11 is 6.64. The van der Waals surface area contributed by atoms with E-state index in [-0.39, 0.29) is 5.56 Å². The number of hydrogen-bond acceptors (Lipinski definition) is 8. The Labute approximate surface area is 237 Å². The standard InChI is InChI=1S/C30H32ClN7O2/c1-5-37(6-2)15-14-20-8-11-23(12-9-20)34-30-32-18-22-16-25(29(39)38(7-3)28(22)35-30)24-13-10-21(17-26(24)31)27-33-19(4)40-36-27/h8-13,16-18H,5-7,14-15H2,1-4H3,(H,32,34,35). The molecule has 10 heteroatoms. The number of hydrogen-bond donors (Lipinski definition) is 1. The third-order valence-electron chi connectivity index (χ3n) is 7.01. The SMILES string of the molecule is CCN(CC)CCc1ccc(Nc2ncc3cc(-c4ccc(-c5noc(C)n5)cc4Cl)c(=O)n(CC)c3n2)cc1. The van der Waals surface area contributed by atoms with Gasteiger partial charge < -0.3 is 14.7 Å². The zero-order valence-electron chi connectivity index (χ0n) is 23.1. The summed E-state index contributed by atoms with van der Waals surface area (Å²) < 4.78 is 6.71. The number of fused-ring (bicyclic) bond motifs is 1. The summed E-state index contributed by atoms with van der Waals surface area (Å²) in [4.78, 5) is 29.4. The van der Waals surface area contributed by atoms with Crippen molar-refractivity contribution in [2.75, 3.05) is 25.0 Å². The largest absolute Gasteiger partial charge is 0.339 e. The Kier molecular flexibility index (Phi) is 8.23. The zero-order chi connectivity index (χ0) is 28.2. The number of benzene rings is 2. The van der Waals surface area contributed by atoms with Gasteiger partial charge in [-0.3, -0.25) is 9.36 Å². The van der Waals surface area contributed by atoms with Crippen molar-refractivity contribution in [3.63, 3.8) is 0 Å².